The summed E-state index contributed by atoms with van der Waals surface area (Å²) in [6.07, 6.45) is 1.41. The molecule has 112 valence electrons. The highest BCUT2D eigenvalue weighted by molar-refractivity contribution is 7.12. The van der Waals surface area contributed by atoms with Gasteiger partial charge in [0.05, 0.1) is 15.7 Å². The van der Waals surface area contributed by atoms with Crippen molar-refractivity contribution in [1.29, 1.82) is 0 Å². The Bertz CT molecular complexity index is 804. The summed E-state index contributed by atoms with van der Waals surface area (Å²) in [6, 6.07) is 6.81. The minimum atomic E-state index is -0.452. The maximum Gasteiger partial charge on any atom is 0.350 e. The summed E-state index contributed by atoms with van der Waals surface area (Å²) < 4.78 is 6.70. The zero-order valence-electron chi connectivity index (χ0n) is 10.9. The van der Waals surface area contributed by atoms with Crippen LogP contribution in [0.15, 0.2) is 36.0 Å². The molecule has 0 spiro atoms. The molecule has 0 aliphatic heterocycles. The number of nitrogens with zero attached hydrogens (tertiary/aromatic N) is 4. The number of hydrogen-bond donors (Lipinski definition) is 0. The molecule has 0 aliphatic carbocycles. The Morgan fingerprint density at radius 3 is 2.86 bits per heavy atom. The summed E-state index contributed by atoms with van der Waals surface area (Å²) in [6.45, 7) is 0.0999. The number of thiophene rings is 1. The van der Waals surface area contributed by atoms with Crippen LogP contribution in [0.25, 0.3) is 5.69 Å². The van der Waals surface area contributed by atoms with E-state index >= 15 is 0 Å². The quantitative estimate of drug-likeness (QED) is 0.671. The lowest BCUT2D eigenvalue weighted by atomic mass is 10.2. The number of carbonyl (C=O) groups is 1. The van der Waals surface area contributed by atoms with Crippen LogP contribution >= 0.6 is 34.5 Å². The summed E-state index contributed by atoms with van der Waals surface area (Å²) in [5.74, 6) is -0.452. The second kappa shape index (κ2) is 6.43. The Kier molecular flexibility index (Phi) is 4.37. The largest absolute Gasteiger partial charge is 0.457 e. The van der Waals surface area contributed by atoms with Crippen molar-refractivity contribution in [1.82, 2.24) is 20.2 Å². The molecule has 1 aromatic carbocycles. The minimum absolute atomic E-state index is 0.0999. The van der Waals surface area contributed by atoms with Gasteiger partial charge in [-0.2, -0.15) is 4.68 Å². The standard InChI is InChI=1S/C13H8Cl2N4O2S/c14-9-2-1-8(5-10(9)15)6-21-13(20)12-11(3-4-22-12)19-7-16-17-18-19/h1-5,7H,6H2. The van der Waals surface area contributed by atoms with Gasteiger partial charge in [0.25, 0.3) is 0 Å². The fourth-order valence-corrected chi connectivity index (χ4v) is 2.84. The van der Waals surface area contributed by atoms with Gasteiger partial charge in [-0.1, -0.05) is 29.3 Å². The Hall–Kier alpha value is -1.96. The second-order valence-corrected chi connectivity index (χ2v) is 5.94. The third kappa shape index (κ3) is 3.11. The number of hydrogen-bond acceptors (Lipinski definition) is 6. The molecule has 2 aromatic heterocycles. The van der Waals surface area contributed by atoms with E-state index in [-0.39, 0.29) is 6.61 Å². The number of aromatic nitrogens is 4. The third-order valence-corrected chi connectivity index (χ3v) is 4.40. The molecule has 2 heterocycles. The molecule has 9 heteroatoms. The maximum atomic E-state index is 12.2. The van der Waals surface area contributed by atoms with Crippen molar-refractivity contribution in [3.8, 4) is 5.69 Å². The predicted molar refractivity (Wildman–Crippen MR) is 82.6 cm³/mol. The van der Waals surface area contributed by atoms with E-state index in [1.54, 1.807) is 29.6 Å². The Morgan fingerprint density at radius 1 is 1.27 bits per heavy atom. The molecule has 6 nitrogen and oxygen atoms in total. The summed E-state index contributed by atoms with van der Waals surface area (Å²) in [5, 5.41) is 13.5. The van der Waals surface area contributed by atoms with Crippen LogP contribution in [-0.4, -0.2) is 26.2 Å². The number of rotatable bonds is 4. The van der Waals surface area contributed by atoms with Crippen molar-refractivity contribution in [2.24, 2.45) is 0 Å². The maximum absolute atomic E-state index is 12.2. The zero-order valence-corrected chi connectivity index (χ0v) is 13.3. The van der Waals surface area contributed by atoms with E-state index in [0.29, 0.717) is 20.6 Å². The first-order valence-corrected chi connectivity index (χ1v) is 7.70. The van der Waals surface area contributed by atoms with Crippen LogP contribution in [0.1, 0.15) is 15.2 Å². The number of halogens is 2. The monoisotopic (exact) mass is 354 g/mol. The molecule has 3 rings (SSSR count). The molecule has 0 bridgehead atoms. The number of esters is 1. The highest BCUT2D eigenvalue weighted by Gasteiger charge is 2.17. The topological polar surface area (TPSA) is 69.9 Å². The molecule has 0 N–H and O–H groups in total. The summed E-state index contributed by atoms with van der Waals surface area (Å²) >= 11 is 13.0. The van der Waals surface area contributed by atoms with Gasteiger partial charge in [-0.3, -0.25) is 0 Å². The van der Waals surface area contributed by atoms with Crippen molar-refractivity contribution in [3.63, 3.8) is 0 Å². The van der Waals surface area contributed by atoms with Crippen molar-refractivity contribution in [2.45, 2.75) is 6.61 Å². The van der Waals surface area contributed by atoms with Gasteiger partial charge in [-0.05, 0) is 39.6 Å². The van der Waals surface area contributed by atoms with Gasteiger partial charge in [0.1, 0.15) is 17.8 Å². The van der Waals surface area contributed by atoms with E-state index < -0.39 is 5.97 Å². The lowest BCUT2D eigenvalue weighted by Gasteiger charge is -2.06. The Morgan fingerprint density at radius 2 is 2.14 bits per heavy atom. The third-order valence-electron chi connectivity index (χ3n) is 2.78. The van der Waals surface area contributed by atoms with E-state index in [1.165, 1.54) is 22.3 Å². The molecule has 0 fully saturated rings. The fraction of sp³-hybridized carbons (Fsp3) is 0.0769. The molecule has 0 unspecified atom stereocenters. The van der Waals surface area contributed by atoms with Crippen molar-refractivity contribution >= 4 is 40.5 Å². The number of tetrazole rings is 1. The summed E-state index contributed by atoms with van der Waals surface area (Å²) in [7, 11) is 0. The van der Waals surface area contributed by atoms with Gasteiger partial charge in [0.15, 0.2) is 0 Å². The zero-order chi connectivity index (χ0) is 15.5. The molecule has 22 heavy (non-hydrogen) atoms. The van der Waals surface area contributed by atoms with Crippen LogP contribution in [0.2, 0.25) is 10.0 Å². The number of benzene rings is 1. The van der Waals surface area contributed by atoms with E-state index in [2.05, 4.69) is 15.5 Å². The first-order chi connectivity index (χ1) is 10.6. The average Bonchev–Trinajstić information content (AvgIpc) is 3.18. The molecule has 0 aliphatic rings. The van der Waals surface area contributed by atoms with Crippen molar-refractivity contribution in [3.05, 3.63) is 56.5 Å². The molecule has 0 radical (unpaired) electrons. The van der Waals surface area contributed by atoms with Crippen LogP contribution in [0.3, 0.4) is 0 Å². The van der Waals surface area contributed by atoms with Gasteiger partial charge < -0.3 is 4.74 Å². The van der Waals surface area contributed by atoms with Gasteiger partial charge in [0.2, 0.25) is 0 Å². The van der Waals surface area contributed by atoms with Crippen LogP contribution < -0.4 is 0 Å². The van der Waals surface area contributed by atoms with Gasteiger partial charge in [-0.15, -0.1) is 16.4 Å². The number of carbonyl (C=O) groups excluding carboxylic acids is 1. The highest BCUT2D eigenvalue weighted by atomic mass is 35.5. The van der Waals surface area contributed by atoms with Crippen LogP contribution in [0.4, 0.5) is 0 Å². The molecular formula is C13H8Cl2N4O2S. The molecule has 0 atom stereocenters. The second-order valence-electron chi connectivity index (χ2n) is 4.21. The first-order valence-electron chi connectivity index (χ1n) is 6.07. The van der Waals surface area contributed by atoms with Gasteiger partial charge in [0, 0.05) is 0 Å². The molecule has 0 saturated heterocycles. The first kappa shape index (κ1) is 15.0. The molecule has 0 saturated carbocycles. The van der Waals surface area contributed by atoms with Crippen molar-refractivity contribution < 1.29 is 9.53 Å². The Balaban J connectivity index is 1.73. The smallest absolute Gasteiger partial charge is 0.350 e. The lowest BCUT2D eigenvalue weighted by molar-refractivity contribution is 0.0478. The van der Waals surface area contributed by atoms with E-state index in [9.17, 15) is 4.79 Å². The fourth-order valence-electron chi connectivity index (χ4n) is 1.75. The molecule has 0 amide bonds. The van der Waals surface area contributed by atoms with Crippen LogP contribution in [0.5, 0.6) is 0 Å². The van der Waals surface area contributed by atoms with E-state index in [0.717, 1.165) is 5.56 Å². The summed E-state index contributed by atoms with van der Waals surface area (Å²) in [4.78, 5) is 12.6. The lowest BCUT2D eigenvalue weighted by Crippen LogP contribution is -2.07. The predicted octanol–water partition coefficient (Wildman–Crippen LogP) is 3.39. The van der Waals surface area contributed by atoms with Crippen LogP contribution in [0, 0.1) is 0 Å². The highest BCUT2D eigenvalue weighted by Crippen LogP contribution is 2.24. The van der Waals surface area contributed by atoms with Crippen LogP contribution in [-0.2, 0) is 11.3 Å². The van der Waals surface area contributed by atoms with E-state index in [4.69, 9.17) is 27.9 Å². The normalized spacial score (nSPS) is 10.6. The number of ether oxygens (including phenoxy) is 1. The molecular weight excluding hydrogens is 347 g/mol. The summed E-state index contributed by atoms with van der Waals surface area (Å²) in [5.41, 5.74) is 1.33. The molecule has 3 aromatic rings. The van der Waals surface area contributed by atoms with E-state index in [1.807, 2.05) is 0 Å². The SMILES string of the molecule is O=C(OCc1ccc(Cl)c(Cl)c1)c1sccc1-n1cnnn1. The Labute approximate surface area is 139 Å². The van der Waals surface area contributed by atoms with Gasteiger partial charge in [-0.25, -0.2) is 4.79 Å². The average molecular weight is 355 g/mol. The van der Waals surface area contributed by atoms with Gasteiger partial charge >= 0.3 is 5.97 Å². The minimum Gasteiger partial charge on any atom is -0.457 e. The van der Waals surface area contributed by atoms with Crippen molar-refractivity contribution in [2.75, 3.05) is 0 Å².